The van der Waals surface area contributed by atoms with Gasteiger partial charge in [0.1, 0.15) is 11.6 Å². The highest BCUT2D eigenvalue weighted by Gasteiger charge is 2.04. The van der Waals surface area contributed by atoms with Crippen molar-refractivity contribution >= 4 is 23.2 Å². The first-order chi connectivity index (χ1) is 9.21. The number of carbonyl (C=O) groups is 1. The molecular weight excluding hydrogens is 266 g/mol. The molecule has 1 aromatic carbocycles. The Morgan fingerprint density at radius 3 is 3.11 bits per heavy atom. The number of carbonyl (C=O) groups excluding carboxylic acids is 1. The van der Waals surface area contributed by atoms with E-state index in [0.717, 1.165) is 11.3 Å². The third-order valence-electron chi connectivity index (χ3n) is 2.52. The van der Waals surface area contributed by atoms with Crippen LogP contribution in [0.2, 0.25) is 0 Å². The molecule has 0 radical (unpaired) electrons. The van der Waals surface area contributed by atoms with Crippen molar-refractivity contribution in [2.75, 3.05) is 18.3 Å². The van der Waals surface area contributed by atoms with Crippen molar-refractivity contribution in [3.8, 4) is 5.75 Å². The first kappa shape index (κ1) is 13.4. The van der Waals surface area contributed by atoms with Gasteiger partial charge in [0.25, 0.3) is 0 Å². The van der Waals surface area contributed by atoms with Crippen LogP contribution in [0.25, 0.3) is 0 Å². The van der Waals surface area contributed by atoms with Gasteiger partial charge in [0.15, 0.2) is 0 Å². The Bertz CT molecular complexity index is 569. The van der Waals surface area contributed by atoms with Crippen molar-refractivity contribution < 1.29 is 9.53 Å². The molecule has 6 heteroatoms. The lowest BCUT2D eigenvalue weighted by Crippen LogP contribution is -2.11. The lowest BCUT2D eigenvalue weighted by molar-refractivity contribution is -0.113. The lowest BCUT2D eigenvalue weighted by atomic mass is 10.2. The molecule has 1 heterocycles. The van der Waals surface area contributed by atoms with Crippen LogP contribution in [0.3, 0.4) is 0 Å². The van der Waals surface area contributed by atoms with Crippen LogP contribution in [0, 0.1) is 0 Å². The summed E-state index contributed by atoms with van der Waals surface area (Å²) >= 11 is 5.42. The van der Waals surface area contributed by atoms with Gasteiger partial charge in [-0.25, -0.2) is 0 Å². The number of aromatic nitrogens is 2. The minimum atomic E-state index is -0.248. The van der Waals surface area contributed by atoms with Crippen LogP contribution in [0.5, 0.6) is 5.75 Å². The summed E-state index contributed by atoms with van der Waals surface area (Å²) in [6, 6.07) is 7.74. The molecule has 0 aliphatic heterocycles. The summed E-state index contributed by atoms with van der Waals surface area (Å²) in [6.45, 7) is 0.605. The van der Waals surface area contributed by atoms with E-state index >= 15 is 0 Å². The molecule has 0 aliphatic rings. The Hall–Kier alpha value is -2.01. The Morgan fingerprint density at radius 1 is 1.53 bits per heavy atom. The molecule has 0 saturated heterocycles. The number of hydrogen-bond acceptors (Lipinski definition) is 3. The van der Waals surface area contributed by atoms with Gasteiger partial charge in [0.2, 0.25) is 5.91 Å². The lowest BCUT2D eigenvalue weighted by Gasteiger charge is -2.04. The molecule has 2 aromatic rings. The van der Waals surface area contributed by atoms with Crippen LogP contribution in [0.1, 0.15) is 5.56 Å². The van der Waals surface area contributed by atoms with Gasteiger partial charge in [-0.15, -0.1) is 11.6 Å². The van der Waals surface area contributed by atoms with Gasteiger partial charge < -0.3 is 10.1 Å². The maximum absolute atomic E-state index is 11.1. The Morgan fingerprint density at radius 2 is 2.37 bits per heavy atom. The van der Waals surface area contributed by atoms with Crippen molar-refractivity contribution in [1.82, 2.24) is 9.78 Å². The highest BCUT2D eigenvalue weighted by Crippen LogP contribution is 2.14. The minimum Gasteiger partial charge on any atom is -0.497 e. The first-order valence-corrected chi connectivity index (χ1v) is 6.26. The monoisotopic (exact) mass is 279 g/mol. The first-order valence-electron chi connectivity index (χ1n) is 5.72. The number of anilines is 1. The fourth-order valence-corrected chi connectivity index (χ4v) is 1.73. The molecule has 0 atom stereocenters. The molecule has 19 heavy (non-hydrogen) atoms. The molecule has 1 N–H and O–H groups in total. The fourth-order valence-electron chi connectivity index (χ4n) is 1.67. The molecule has 0 unspecified atom stereocenters. The summed E-state index contributed by atoms with van der Waals surface area (Å²) in [4.78, 5) is 11.1. The summed E-state index contributed by atoms with van der Waals surface area (Å²) in [5, 5.41) is 6.81. The Labute approximate surface area is 116 Å². The number of nitrogens with zero attached hydrogens (tertiary/aromatic N) is 2. The highest BCUT2D eigenvalue weighted by atomic mass is 35.5. The zero-order valence-corrected chi connectivity index (χ0v) is 11.2. The average Bonchev–Trinajstić information content (AvgIpc) is 2.86. The molecule has 0 saturated carbocycles. The average molecular weight is 280 g/mol. The standard InChI is InChI=1S/C13H14ClN3O2/c1-19-12-4-2-3-10(5-12)8-17-9-11(7-15-17)16-13(18)6-14/h2-5,7,9H,6,8H2,1H3,(H,16,18). The molecule has 1 aromatic heterocycles. The van der Waals surface area contributed by atoms with E-state index in [1.165, 1.54) is 0 Å². The van der Waals surface area contributed by atoms with Crippen LogP contribution >= 0.6 is 11.6 Å². The second-order valence-electron chi connectivity index (χ2n) is 3.96. The number of halogens is 1. The van der Waals surface area contributed by atoms with Crippen LogP contribution < -0.4 is 10.1 Å². The smallest absolute Gasteiger partial charge is 0.239 e. The zero-order chi connectivity index (χ0) is 13.7. The summed E-state index contributed by atoms with van der Waals surface area (Å²) in [7, 11) is 1.63. The van der Waals surface area contributed by atoms with E-state index in [1.54, 1.807) is 24.2 Å². The van der Waals surface area contributed by atoms with Crippen molar-refractivity contribution in [3.63, 3.8) is 0 Å². The highest BCUT2D eigenvalue weighted by molar-refractivity contribution is 6.29. The second-order valence-corrected chi connectivity index (χ2v) is 4.23. The van der Waals surface area contributed by atoms with Crippen LogP contribution in [-0.4, -0.2) is 28.7 Å². The zero-order valence-electron chi connectivity index (χ0n) is 10.5. The summed E-state index contributed by atoms with van der Waals surface area (Å²) in [5.41, 5.74) is 1.70. The topological polar surface area (TPSA) is 56.1 Å². The number of methoxy groups -OCH3 is 1. The van der Waals surface area contributed by atoms with E-state index < -0.39 is 0 Å². The van der Waals surface area contributed by atoms with Crippen molar-refractivity contribution in [2.45, 2.75) is 6.54 Å². The Kier molecular flexibility index (Phi) is 4.41. The number of hydrogen-bond donors (Lipinski definition) is 1. The quantitative estimate of drug-likeness (QED) is 0.853. The Balaban J connectivity index is 2.04. The normalized spacial score (nSPS) is 10.2. The van der Waals surface area contributed by atoms with Crippen LogP contribution in [0.4, 0.5) is 5.69 Å². The van der Waals surface area contributed by atoms with E-state index in [-0.39, 0.29) is 11.8 Å². The predicted molar refractivity (Wildman–Crippen MR) is 73.7 cm³/mol. The number of nitrogens with one attached hydrogen (secondary N) is 1. The van der Waals surface area contributed by atoms with Crippen LogP contribution in [-0.2, 0) is 11.3 Å². The van der Waals surface area contributed by atoms with E-state index in [9.17, 15) is 4.79 Å². The molecule has 0 aliphatic carbocycles. The fraction of sp³-hybridized carbons (Fsp3) is 0.231. The van der Waals surface area contributed by atoms with E-state index in [0.29, 0.717) is 12.2 Å². The summed E-state index contributed by atoms with van der Waals surface area (Å²) in [5.74, 6) is 0.490. The maximum atomic E-state index is 11.1. The number of ether oxygens (including phenoxy) is 1. The van der Waals surface area contributed by atoms with Gasteiger partial charge >= 0.3 is 0 Å². The third-order valence-corrected chi connectivity index (χ3v) is 2.76. The number of rotatable bonds is 5. The molecule has 5 nitrogen and oxygen atoms in total. The largest absolute Gasteiger partial charge is 0.497 e. The van der Waals surface area contributed by atoms with Gasteiger partial charge in [-0.3, -0.25) is 9.48 Å². The summed E-state index contributed by atoms with van der Waals surface area (Å²) < 4.78 is 6.90. The van der Waals surface area contributed by atoms with E-state index in [4.69, 9.17) is 16.3 Å². The molecule has 2 rings (SSSR count). The number of alkyl halides is 1. The van der Waals surface area contributed by atoms with Gasteiger partial charge in [0.05, 0.1) is 25.5 Å². The molecule has 0 fully saturated rings. The summed E-state index contributed by atoms with van der Waals surface area (Å²) in [6.07, 6.45) is 3.34. The van der Waals surface area contributed by atoms with Crippen molar-refractivity contribution in [2.24, 2.45) is 0 Å². The molecule has 100 valence electrons. The van der Waals surface area contributed by atoms with Crippen molar-refractivity contribution in [1.29, 1.82) is 0 Å². The molecule has 0 bridgehead atoms. The SMILES string of the molecule is COc1cccc(Cn2cc(NC(=O)CCl)cn2)c1. The number of benzene rings is 1. The van der Waals surface area contributed by atoms with Crippen molar-refractivity contribution in [3.05, 3.63) is 42.2 Å². The van der Waals surface area contributed by atoms with Gasteiger partial charge in [0, 0.05) is 6.20 Å². The van der Waals surface area contributed by atoms with Gasteiger partial charge in [-0.1, -0.05) is 12.1 Å². The predicted octanol–water partition coefficient (Wildman–Crippen LogP) is 2.12. The third kappa shape index (κ3) is 3.72. The molecule has 0 spiro atoms. The molecular formula is C13H14ClN3O2. The number of amides is 1. The van der Waals surface area contributed by atoms with E-state index in [2.05, 4.69) is 10.4 Å². The maximum Gasteiger partial charge on any atom is 0.239 e. The van der Waals surface area contributed by atoms with Gasteiger partial charge in [-0.05, 0) is 17.7 Å². The molecule has 1 amide bonds. The van der Waals surface area contributed by atoms with Crippen LogP contribution in [0.15, 0.2) is 36.7 Å². The van der Waals surface area contributed by atoms with E-state index in [1.807, 2.05) is 24.3 Å². The van der Waals surface area contributed by atoms with Gasteiger partial charge in [-0.2, -0.15) is 5.10 Å². The second kappa shape index (κ2) is 6.24. The minimum absolute atomic E-state index is 0.0684.